The summed E-state index contributed by atoms with van der Waals surface area (Å²) in [4.78, 5) is 72.7. The molecule has 0 aliphatic rings. The molecule has 0 rings (SSSR count). The number of carbonyl (C=O) groups excluding carboxylic acids is 4. The Bertz CT molecular complexity index is 1900. The fraction of sp³-hybridized carbons (Fsp3) is 0.892. The molecule has 3 N–H and O–H groups in total. The number of unbranched alkanes of at least 4 members (excludes halogenated alkanes) is 38. The zero-order valence-electron chi connectivity index (χ0n) is 60.0. The number of aliphatic hydroxyl groups is 1. The average molecular weight is 1360 g/mol. The lowest BCUT2D eigenvalue weighted by atomic mass is 10.0. The van der Waals surface area contributed by atoms with Gasteiger partial charge in [-0.3, -0.25) is 37.3 Å². The van der Waals surface area contributed by atoms with Gasteiger partial charge >= 0.3 is 39.5 Å². The fourth-order valence-electron chi connectivity index (χ4n) is 10.8. The smallest absolute Gasteiger partial charge is 0.462 e. The lowest BCUT2D eigenvalue weighted by Gasteiger charge is -2.21. The topological polar surface area (TPSA) is 237 Å². The Hall–Kier alpha value is -2.46. The molecule has 0 saturated carbocycles. The van der Waals surface area contributed by atoms with Crippen LogP contribution in [0.4, 0.5) is 0 Å². The number of ether oxygens (including phenoxy) is 4. The summed E-state index contributed by atoms with van der Waals surface area (Å²) in [5.41, 5.74) is 0. The van der Waals surface area contributed by atoms with Crippen LogP contribution in [0.2, 0.25) is 0 Å². The van der Waals surface area contributed by atoms with Crippen LogP contribution in [0, 0.1) is 11.8 Å². The zero-order chi connectivity index (χ0) is 68.6. The number of carbonyl (C=O) groups is 4. The van der Waals surface area contributed by atoms with Gasteiger partial charge in [0.2, 0.25) is 0 Å². The molecular weight excluding hydrogens is 1220 g/mol. The standard InChI is InChI=1S/C74H140O17P2/c1-7-9-11-13-15-17-19-20-21-22-28-34-40-46-52-58-73(78)90-69(62-85-72(77)57-51-45-39-33-27-24-23-26-30-36-42-48-54-66(3)4)64-88-92(80,81)86-60-68(75)61-87-93(82,83)89-65-70(63-84-71(76)56-50-44-38-32-25-18-16-14-12-10-8-2)91-74(79)59-53-47-41-35-29-31-37-43-49-55-67(5)6/h17,19-21,66-70,75H,7-16,18,22-65H2,1-6H3,(H,80,81)(H,82,83)/b19-17-,21-20-/t68-,69-,70-/m1/s1. The molecule has 0 spiro atoms. The van der Waals surface area contributed by atoms with E-state index in [-0.39, 0.29) is 25.7 Å². The molecule has 0 amide bonds. The highest BCUT2D eigenvalue weighted by atomic mass is 31.2. The van der Waals surface area contributed by atoms with Crippen LogP contribution in [0.25, 0.3) is 0 Å². The van der Waals surface area contributed by atoms with Crippen LogP contribution < -0.4 is 0 Å². The number of hydrogen-bond acceptors (Lipinski definition) is 15. The van der Waals surface area contributed by atoms with E-state index in [9.17, 15) is 43.2 Å². The monoisotopic (exact) mass is 1360 g/mol. The SMILES string of the molecule is CCCCCC/C=C\C=C/CCCCCCCC(=O)O[C@H](COC(=O)CCCCCCCCCCCCCCC(C)C)COP(=O)(O)OC[C@@H](O)COP(=O)(O)OC[C@@H](COC(=O)CCCCCCCCCCCCC)OC(=O)CCCCCCCCCCCC(C)C. The lowest BCUT2D eigenvalue weighted by Crippen LogP contribution is -2.30. The number of phosphoric acid groups is 2. The largest absolute Gasteiger partial charge is 0.472 e. The first-order chi connectivity index (χ1) is 44.9. The van der Waals surface area contributed by atoms with Gasteiger partial charge in [0.1, 0.15) is 19.3 Å². The predicted octanol–water partition coefficient (Wildman–Crippen LogP) is 21.1. The number of phosphoric ester groups is 2. The summed E-state index contributed by atoms with van der Waals surface area (Å²) >= 11 is 0. The Balaban J connectivity index is 5.29. The second-order valence-electron chi connectivity index (χ2n) is 27.0. The van der Waals surface area contributed by atoms with Crippen molar-refractivity contribution in [3.8, 4) is 0 Å². The van der Waals surface area contributed by atoms with Gasteiger partial charge in [-0.15, -0.1) is 0 Å². The van der Waals surface area contributed by atoms with Crippen LogP contribution in [0.15, 0.2) is 24.3 Å². The number of esters is 4. The summed E-state index contributed by atoms with van der Waals surface area (Å²) in [5.74, 6) is -0.634. The molecule has 17 nitrogen and oxygen atoms in total. The maximum Gasteiger partial charge on any atom is 0.472 e. The summed E-state index contributed by atoms with van der Waals surface area (Å²) in [7, 11) is -9.92. The molecule has 0 bridgehead atoms. The number of allylic oxidation sites excluding steroid dienone is 4. The highest BCUT2D eigenvalue weighted by Crippen LogP contribution is 2.45. The van der Waals surface area contributed by atoms with E-state index in [1.165, 1.54) is 161 Å². The van der Waals surface area contributed by atoms with Crippen molar-refractivity contribution in [1.29, 1.82) is 0 Å². The van der Waals surface area contributed by atoms with Crippen LogP contribution >= 0.6 is 15.6 Å². The van der Waals surface area contributed by atoms with E-state index in [2.05, 4.69) is 65.8 Å². The summed E-state index contributed by atoms with van der Waals surface area (Å²) < 4.78 is 68.4. The van der Waals surface area contributed by atoms with Crippen molar-refractivity contribution in [1.82, 2.24) is 0 Å². The van der Waals surface area contributed by atoms with E-state index in [0.29, 0.717) is 25.7 Å². The van der Waals surface area contributed by atoms with E-state index >= 15 is 0 Å². The molecule has 2 unspecified atom stereocenters. The maximum absolute atomic E-state index is 13.1. The molecular formula is C74H140O17P2. The van der Waals surface area contributed by atoms with Crippen molar-refractivity contribution < 1.29 is 80.2 Å². The molecule has 0 heterocycles. The Morgan fingerprint density at radius 1 is 0.333 bits per heavy atom. The summed E-state index contributed by atoms with van der Waals surface area (Å²) in [6, 6.07) is 0. The number of hydrogen-bond donors (Lipinski definition) is 3. The third-order valence-electron chi connectivity index (χ3n) is 16.6. The van der Waals surface area contributed by atoms with Crippen LogP contribution in [0.5, 0.6) is 0 Å². The highest BCUT2D eigenvalue weighted by molar-refractivity contribution is 7.47. The van der Waals surface area contributed by atoms with Crippen molar-refractivity contribution in [2.45, 2.75) is 374 Å². The van der Waals surface area contributed by atoms with Gasteiger partial charge in [-0.1, -0.05) is 303 Å². The molecule has 0 fully saturated rings. The highest BCUT2D eigenvalue weighted by Gasteiger charge is 2.30. The quantitative estimate of drug-likeness (QED) is 0.0169. The molecule has 93 heavy (non-hydrogen) atoms. The van der Waals surface area contributed by atoms with Crippen molar-refractivity contribution in [2.24, 2.45) is 11.8 Å². The second-order valence-corrected chi connectivity index (χ2v) is 29.9. The predicted molar refractivity (Wildman–Crippen MR) is 377 cm³/mol. The first-order valence-electron chi connectivity index (χ1n) is 37.8. The Morgan fingerprint density at radius 3 is 0.882 bits per heavy atom. The van der Waals surface area contributed by atoms with Gasteiger partial charge in [0.05, 0.1) is 26.4 Å². The number of rotatable bonds is 71. The minimum absolute atomic E-state index is 0.0850. The Morgan fingerprint density at radius 2 is 0.581 bits per heavy atom. The van der Waals surface area contributed by atoms with E-state index in [4.69, 9.17) is 37.0 Å². The van der Waals surface area contributed by atoms with Crippen LogP contribution in [-0.4, -0.2) is 96.7 Å². The normalized spacial score (nSPS) is 14.2. The fourth-order valence-corrected chi connectivity index (χ4v) is 12.3. The van der Waals surface area contributed by atoms with Crippen molar-refractivity contribution in [2.75, 3.05) is 39.6 Å². The summed E-state index contributed by atoms with van der Waals surface area (Å²) in [6.45, 7) is 9.49. The van der Waals surface area contributed by atoms with Gasteiger partial charge in [-0.25, -0.2) is 9.13 Å². The zero-order valence-corrected chi connectivity index (χ0v) is 61.8. The molecule has 0 aliphatic carbocycles. The number of aliphatic hydroxyl groups excluding tert-OH is 1. The van der Waals surface area contributed by atoms with E-state index < -0.39 is 97.5 Å². The lowest BCUT2D eigenvalue weighted by molar-refractivity contribution is -0.161. The molecule has 5 atom stereocenters. The van der Waals surface area contributed by atoms with Gasteiger partial charge < -0.3 is 33.8 Å². The molecule has 548 valence electrons. The molecule has 19 heteroatoms. The third kappa shape index (κ3) is 67.9. The molecule has 0 radical (unpaired) electrons. The first kappa shape index (κ1) is 90.5. The molecule has 0 saturated heterocycles. The Labute approximate surface area is 567 Å². The molecule has 0 aromatic rings. The van der Waals surface area contributed by atoms with Crippen molar-refractivity contribution in [3.05, 3.63) is 24.3 Å². The van der Waals surface area contributed by atoms with Gasteiger partial charge in [-0.2, -0.15) is 0 Å². The van der Waals surface area contributed by atoms with Crippen molar-refractivity contribution in [3.63, 3.8) is 0 Å². The van der Waals surface area contributed by atoms with Crippen LogP contribution in [0.1, 0.15) is 356 Å². The molecule has 0 aromatic carbocycles. The first-order valence-corrected chi connectivity index (χ1v) is 40.8. The van der Waals surface area contributed by atoms with Crippen LogP contribution in [0.3, 0.4) is 0 Å². The summed E-state index contributed by atoms with van der Waals surface area (Å²) in [5, 5.41) is 10.6. The van der Waals surface area contributed by atoms with Gasteiger partial charge in [0, 0.05) is 25.7 Å². The Kier molecular flexibility index (Phi) is 63.7. The average Bonchev–Trinajstić information content (AvgIpc) is 2.26. The minimum Gasteiger partial charge on any atom is -0.462 e. The molecule has 0 aromatic heterocycles. The van der Waals surface area contributed by atoms with Crippen LogP contribution in [-0.2, 0) is 65.4 Å². The second kappa shape index (κ2) is 65.5. The van der Waals surface area contributed by atoms with Crippen molar-refractivity contribution >= 4 is 39.5 Å². The van der Waals surface area contributed by atoms with Gasteiger partial charge in [-0.05, 0) is 63.2 Å². The van der Waals surface area contributed by atoms with Gasteiger partial charge in [0.25, 0.3) is 0 Å². The molecule has 0 aliphatic heterocycles. The van der Waals surface area contributed by atoms with E-state index in [0.717, 1.165) is 115 Å². The minimum atomic E-state index is -4.96. The van der Waals surface area contributed by atoms with E-state index in [1.54, 1.807) is 0 Å². The van der Waals surface area contributed by atoms with Gasteiger partial charge in [0.15, 0.2) is 12.2 Å². The third-order valence-corrected chi connectivity index (χ3v) is 18.5. The van der Waals surface area contributed by atoms with E-state index in [1.807, 2.05) is 0 Å². The maximum atomic E-state index is 13.1. The summed E-state index contributed by atoms with van der Waals surface area (Å²) in [6.07, 6.45) is 54.8.